The first-order valence-electron chi connectivity index (χ1n) is 10.2. The van der Waals surface area contributed by atoms with Crippen LogP contribution >= 0.6 is 11.3 Å². The summed E-state index contributed by atoms with van der Waals surface area (Å²) in [5.74, 6) is 0. The zero-order chi connectivity index (χ0) is 19.5. The first-order valence-corrected chi connectivity index (χ1v) is 11.1. The van der Waals surface area contributed by atoms with Crippen molar-refractivity contribution in [1.82, 2.24) is 15.3 Å². The van der Waals surface area contributed by atoms with E-state index in [1.807, 2.05) is 11.6 Å². The van der Waals surface area contributed by atoms with Gasteiger partial charge >= 0.3 is 0 Å². The molecular formula is C22H28N4OS. The fourth-order valence-electron chi connectivity index (χ4n) is 4.86. The molecule has 148 valence electrons. The highest BCUT2D eigenvalue weighted by Gasteiger charge is 2.49. The standard InChI is InChI=1S/C22H28N4OS/c1-14-7-8-16(19-23-10-11-28-19)18-17(14)24-20(27-18)26-12-15-6-5-9-22(13-26,25-15)21(2,3)4/h7-8,10-11,15,25H,5-6,9,12-13H2,1-4H3. The van der Waals surface area contributed by atoms with E-state index >= 15 is 0 Å². The van der Waals surface area contributed by atoms with Crippen molar-refractivity contribution in [2.24, 2.45) is 5.41 Å². The number of nitrogens with one attached hydrogen (secondary N) is 1. The molecule has 1 aromatic carbocycles. The number of oxazole rings is 1. The normalized spacial score (nSPS) is 25.4. The van der Waals surface area contributed by atoms with Crippen LogP contribution in [0.2, 0.25) is 0 Å². The molecule has 0 aliphatic carbocycles. The van der Waals surface area contributed by atoms with Gasteiger partial charge in [0.1, 0.15) is 10.5 Å². The van der Waals surface area contributed by atoms with Gasteiger partial charge in [-0.1, -0.05) is 26.8 Å². The summed E-state index contributed by atoms with van der Waals surface area (Å²) in [6, 6.07) is 5.48. The van der Waals surface area contributed by atoms with Crippen LogP contribution in [0.3, 0.4) is 0 Å². The van der Waals surface area contributed by atoms with Gasteiger partial charge < -0.3 is 14.6 Å². The molecule has 28 heavy (non-hydrogen) atoms. The van der Waals surface area contributed by atoms with Crippen LogP contribution in [0.4, 0.5) is 6.01 Å². The zero-order valence-corrected chi connectivity index (χ0v) is 17.9. The summed E-state index contributed by atoms with van der Waals surface area (Å²) < 4.78 is 6.42. The van der Waals surface area contributed by atoms with Crippen molar-refractivity contribution in [3.05, 3.63) is 29.3 Å². The monoisotopic (exact) mass is 396 g/mol. The molecule has 0 radical (unpaired) electrons. The lowest BCUT2D eigenvalue weighted by Crippen LogP contribution is -2.71. The molecule has 2 atom stereocenters. The third kappa shape index (κ3) is 2.77. The number of benzene rings is 1. The van der Waals surface area contributed by atoms with E-state index < -0.39 is 0 Å². The quantitative estimate of drug-likeness (QED) is 0.660. The number of aryl methyl sites for hydroxylation is 1. The molecule has 0 spiro atoms. The molecule has 0 saturated carbocycles. The number of aromatic nitrogens is 2. The van der Waals surface area contributed by atoms with E-state index in [0.717, 1.165) is 46.3 Å². The number of anilines is 1. The Morgan fingerprint density at radius 3 is 2.93 bits per heavy atom. The average Bonchev–Trinajstić information content (AvgIpc) is 3.31. The second-order valence-electron chi connectivity index (χ2n) is 9.39. The summed E-state index contributed by atoms with van der Waals surface area (Å²) >= 11 is 1.64. The molecule has 5 rings (SSSR count). The van der Waals surface area contributed by atoms with Gasteiger partial charge in [-0.25, -0.2) is 4.98 Å². The van der Waals surface area contributed by atoms with Gasteiger partial charge in [0.25, 0.3) is 6.01 Å². The van der Waals surface area contributed by atoms with Crippen molar-refractivity contribution >= 4 is 28.5 Å². The van der Waals surface area contributed by atoms with Gasteiger partial charge in [-0.15, -0.1) is 11.3 Å². The molecule has 2 unspecified atom stereocenters. The van der Waals surface area contributed by atoms with E-state index in [1.54, 1.807) is 11.3 Å². The Bertz CT molecular complexity index is 1000. The van der Waals surface area contributed by atoms with Gasteiger partial charge in [0.15, 0.2) is 5.58 Å². The lowest BCUT2D eigenvalue weighted by molar-refractivity contribution is 0.0629. The SMILES string of the molecule is Cc1ccc(-c2nccs2)c2oc(N3CC4CCCC(C(C)(C)C)(C3)N4)nc12. The molecular weight excluding hydrogens is 368 g/mol. The van der Waals surface area contributed by atoms with Gasteiger partial charge in [0.05, 0.1) is 5.56 Å². The van der Waals surface area contributed by atoms with Gasteiger partial charge in [0.2, 0.25) is 0 Å². The minimum Gasteiger partial charge on any atom is -0.423 e. The summed E-state index contributed by atoms with van der Waals surface area (Å²) in [6.45, 7) is 11.0. The Balaban J connectivity index is 1.58. The first kappa shape index (κ1) is 18.1. The third-order valence-electron chi connectivity index (χ3n) is 6.64. The highest BCUT2D eigenvalue weighted by molar-refractivity contribution is 7.13. The summed E-state index contributed by atoms with van der Waals surface area (Å²) in [5.41, 5.74) is 4.27. The summed E-state index contributed by atoms with van der Waals surface area (Å²) in [6.07, 6.45) is 5.56. The first-order chi connectivity index (χ1) is 13.4. The number of thiazole rings is 1. The fraction of sp³-hybridized carbons (Fsp3) is 0.545. The van der Waals surface area contributed by atoms with Crippen LogP contribution in [0.25, 0.3) is 21.7 Å². The molecule has 2 bridgehead atoms. The molecule has 2 aliphatic rings. The molecule has 5 nitrogen and oxygen atoms in total. The molecule has 2 fully saturated rings. The highest BCUT2D eigenvalue weighted by Crippen LogP contribution is 2.43. The highest BCUT2D eigenvalue weighted by atomic mass is 32.1. The maximum atomic E-state index is 6.42. The van der Waals surface area contributed by atoms with Gasteiger partial charge in [0, 0.05) is 36.2 Å². The Hall–Kier alpha value is -1.92. The van der Waals surface area contributed by atoms with Crippen LogP contribution in [-0.4, -0.2) is 34.6 Å². The number of fused-ring (bicyclic) bond motifs is 3. The van der Waals surface area contributed by atoms with Crippen LogP contribution in [0.5, 0.6) is 0 Å². The predicted octanol–water partition coefficient (Wildman–Crippen LogP) is 5.01. The molecule has 2 saturated heterocycles. The van der Waals surface area contributed by atoms with Gasteiger partial charge in [-0.3, -0.25) is 0 Å². The van der Waals surface area contributed by atoms with Crippen LogP contribution in [-0.2, 0) is 0 Å². The van der Waals surface area contributed by atoms with Crippen LogP contribution in [0.15, 0.2) is 28.1 Å². The van der Waals surface area contributed by atoms with E-state index in [0.29, 0.717) is 6.04 Å². The lowest BCUT2D eigenvalue weighted by Gasteiger charge is -2.56. The van der Waals surface area contributed by atoms with E-state index in [-0.39, 0.29) is 11.0 Å². The molecule has 3 aromatic rings. The molecule has 2 aromatic heterocycles. The lowest BCUT2D eigenvalue weighted by atomic mass is 9.66. The molecule has 1 N–H and O–H groups in total. The number of nitrogens with zero attached hydrogens (tertiary/aromatic N) is 3. The maximum absolute atomic E-state index is 6.42. The van der Waals surface area contributed by atoms with Crippen molar-refractivity contribution in [3.63, 3.8) is 0 Å². The van der Waals surface area contributed by atoms with E-state index in [2.05, 4.69) is 55.0 Å². The third-order valence-corrected chi connectivity index (χ3v) is 7.45. The number of piperidine rings is 1. The summed E-state index contributed by atoms with van der Waals surface area (Å²) in [4.78, 5) is 11.8. The number of hydrogen-bond donors (Lipinski definition) is 1. The average molecular weight is 397 g/mol. The topological polar surface area (TPSA) is 54.2 Å². The Morgan fingerprint density at radius 2 is 2.18 bits per heavy atom. The van der Waals surface area contributed by atoms with Crippen molar-refractivity contribution in [1.29, 1.82) is 0 Å². The number of hydrogen-bond acceptors (Lipinski definition) is 6. The predicted molar refractivity (Wildman–Crippen MR) is 115 cm³/mol. The van der Waals surface area contributed by atoms with Crippen molar-refractivity contribution in [3.8, 4) is 10.6 Å². The zero-order valence-electron chi connectivity index (χ0n) is 17.1. The molecule has 6 heteroatoms. The second-order valence-corrected chi connectivity index (χ2v) is 10.3. The van der Waals surface area contributed by atoms with Gasteiger partial charge in [-0.05, 0) is 43.2 Å². The van der Waals surface area contributed by atoms with Gasteiger partial charge in [-0.2, -0.15) is 4.98 Å². The van der Waals surface area contributed by atoms with Crippen molar-refractivity contribution in [2.45, 2.75) is 58.5 Å². The summed E-state index contributed by atoms with van der Waals surface area (Å²) in [5, 5.41) is 6.95. The van der Waals surface area contributed by atoms with Crippen LogP contribution in [0, 0.1) is 12.3 Å². The number of rotatable bonds is 2. The van der Waals surface area contributed by atoms with Crippen LogP contribution < -0.4 is 10.2 Å². The van der Waals surface area contributed by atoms with E-state index in [1.165, 1.54) is 19.3 Å². The van der Waals surface area contributed by atoms with Crippen molar-refractivity contribution in [2.75, 3.05) is 18.0 Å². The summed E-state index contributed by atoms with van der Waals surface area (Å²) in [7, 11) is 0. The Morgan fingerprint density at radius 1 is 1.32 bits per heavy atom. The second kappa shape index (κ2) is 6.29. The van der Waals surface area contributed by atoms with Crippen molar-refractivity contribution < 1.29 is 4.42 Å². The molecule has 0 amide bonds. The van der Waals surface area contributed by atoms with E-state index in [9.17, 15) is 0 Å². The molecule has 4 heterocycles. The largest absolute Gasteiger partial charge is 0.423 e. The smallest absolute Gasteiger partial charge is 0.298 e. The van der Waals surface area contributed by atoms with Crippen LogP contribution in [0.1, 0.15) is 45.6 Å². The molecule has 2 aliphatic heterocycles. The number of piperazine rings is 1. The Labute approximate surface area is 170 Å². The minimum atomic E-state index is 0.0992. The van der Waals surface area contributed by atoms with E-state index in [4.69, 9.17) is 9.40 Å². The minimum absolute atomic E-state index is 0.0992. The Kier molecular flexibility index (Phi) is 4.07. The fourth-order valence-corrected chi connectivity index (χ4v) is 5.52. The maximum Gasteiger partial charge on any atom is 0.298 e.